The maximum atomic E-state index is 12.4. The van der Waals surface area contributed by atoms with Gasteiger partial charge in [0, 0.05) is 24.8 Å². The molecular weight excluding hydrogens is 370 g/mol. The molecule has 138 valence electrons. The number of halogens is 1. The molecule has 4 rings (SSSR count). The van der Waals surface area contributed by atoms with Crippen molar-refractivity contribution in [3.8, 4) is 11.6 Å². The van der Waals surface area contributed by atoms with Crippen LogP contribution in [0.5, 0.6) is 5.75 Å². The van der Waals surface area contributed by atoms with Gasteiger partial charge in [0.25, 0.3) is 0 Å². The molecule has 0 radical (unpaired) electrons. The first-order valence-electron chi connectivity index (χ1n) is 8.20. The van der Waals surface area contributed by atoms with Crippen LogP contribution in [0.2, 0.25) is 5.02 Å². The molecule has 0 saturated carbocycles. The topological polar surface area (TPSA) is 98.1 Å². The van der Waals surface area contributed by atoms with Crippen molar-refractivity contribution >= 4 is 29.0 Å². The van der Waals surface area contributed by atoms with E-state index < -0.39 is 0 Å². The number of anilines is 2. The summed E-state index contributed by atoms with van der Waals surface area (Å²) in [4.78, 5) is 26.8. The molecule has 1 N–H and O–H groups in total. The van der Waals surface area contributed by atoms with Crippen LogP contribution in [0.3, 0.4) is 0 Å². The lowest BCUT2D eigenvalue weighted by Gasteiger charge is -2.39. The standard InChI is InChI=1S/C17H16ClN7O2/c1-27-14-3-2-12(4-13(14)18)23-17(26)11-6-24(7-11)15-5-16(21-9-20-15)25-10-19-8-22-25/h2-5,8-11H,6-7H2,1H3,(H,23,26). The predicted molar refractivity (Wildman–Crippen MR) is 99.3 cm³/mol. The van der Waals surface area contributed by atoms with Gasteiger partial charge in [-0.15, -0.1) is 0 Å². The van der Waals surface area contributed by atoms with E-state index in [4.69, 9.17) is 16.3 Å². The zero-order valence-corrected chi connectivity index (χ0v) is 15.2. The van der Waals surface area contributed by atoms with Gasteiger partial charge in [0.05, 0.1) is 18.1 Å². The van der Waals surface area contributed by atoms with Crippen molar-refractivity contribution in [2.75, 3.05) is 30.4 Å². The quantitative estimate of drug-likeness (QED) is 0.714. The highest BCUT2D eigenvalue weighted by atomic mass is 35.5. The van der Waals surface area contributed by atoms with Crippen LogP contribution in [0, 0.1) is 5.92 Å². The number of hydrogen-bond acceptors (Lipinski definition) is 7. The van der Waals surface area contributed by atoms with Crippen molar-refractivity contribution in [1.29, 1.82) is 0 Å². The summed E-state index contributed by atoms with van der Waals surface area (Å²) in [5, 5.41) is 7.39. The highest BCUT2D eigenvalue weighted by Crippen LogP contribution is 2.29. The van der Waals surface area contributed by atoms with Crippen LogP contribution in [-0.2, 0) is 4.79 Å². The Morgan fingerprint density at radius 2 is 2.04 bits per heavy atom. The van der Waals surface area contributed by atoms with E-state index in [1.807, 2.05) is 11.0 Å². The monoisotopic (exact) mass is 385 g/mol. The Hall–Kier alpha value is -3.20. The van der Waals surface area contributed by atoms with Crippen molar-refractivity contribution in [2.24, 2.45) is 5.92 Å². The molecule has 0 bridgehead atoms. The van der Waals surface area contributed by atoms with E-state index in [2.05, 4.69) is 25.4 Å². The summed E-state index contributed by atoms with van der Waals surface area (Å²) in [7, 11) is 1.55. The molecule has 1 aliphatic rings. The number of methoxy groups -OCH3 is 1. The van der Waals surface area contributed by atoms with Crippen LogP contribution in [0.1, 0.15) is 0 Å². The number of nitrogens with zero attached hydrogens (tertiary/aromatic N) is 6. The Morgan fingerprint density at radius 1 is 1.22 bits per heavy atom. The number of ether oxygens (including phenoxy) is 1. The summed E-state index contributed by atoms with van der Waals surface area (Å²) < 4.78 is 6.67. The van der Waals surface area contributed by atoms with E-state index in [9.17, 15) is 4.79 Å². The Morgan fingerprint density at radius 3 is 2.74 bits per heavy atom. The molecule has 1 fully saturated rings. The van der Waals surface area contributed by atoms with Gasteiger partial charge in [-0.05, 0) is 18.2 Å². The molecule has 1 saturated heterocycles. The van der Waals surface area contributed by atoms with E-state index in [0.29, 0.717) is 35.4 Å². The number of rotatable bonds is 5. The second-order valence-corrected chi connectivity index (χ2v) is 6.42. The second kappa shape index (κ2) is 7.20. The first-order chi connectivity index (χ1) is 13.1. The second-order valence-electron chi connectivity index (χ2n) is 6.01. The summed E-state index contributed by atoms with van der Waals surface area (Å²) in [6, 6.07) is 6.96. The van der Waals surface area contributed by atoms with Crippen LogP contribution >= 0.6 is 11.6 Å². The number of carbonyl (C=O) groups excluding carboxylic acids is 1. The fourth-order valence-corrected chi connectivity index (χ4v) is 3.04. The lowest BCUT2D eigenvalue weighted by atomic mass is 9.99. The average Bonchev–Trinajstić information content (AvgIpc) is 3.16. The number of benzene rings is 1. The largest absolute Gasteiger partial charge is 0.495 e. The van der Waals surface area contributed by atoms with Crippen LogP contribution < -0.4 is 15.0 Å². The van der Waals surface area contributed by atoms with Crippen molar-refractivity contribution in [1.82, 2.24) is 24.7 Å². The Bertz CT molecular complexity index is 958. The first-order valence-corrected chi connectivity index (χ1v) is 8.58. The highest BCUT2D eigenvalue weighted by molar-refractivity contribution is 6.32. The molecule has 9 nitrogen and oxygen atoms in total. The van der Waals surface area contributed by atoms with Crippen LogP contribution in [0.4, 0.5) is 11.5 Å². The van der Waals surface area contributed by atoms with E-state index in [1.54, 1.807) is 36.3 Å². The molecular formula is C17H16ClN7O2. The molecule has 0 spiro atoms. The Kier molecular flexibility index (Phi) is 4.59. The summed E-state index contributed by atoms with van der Waals surface area (Å²) in [6.07, 6.45) is 4.48. The molecule has 0 unspecified atom stereocenters. The summed E-state index contributed by atoms with van der Waals surface area (Å²) in [6.45, 7) is 1.15. The van der Waals surface area contributed by atoms with Gasteiger partial charge in [-0.1, -0.05) is 11.6 Å². The number of amides is 1. The SMILES string of the molecule is COc1ccc(NC(=O)C2CN(c3cc(-n4cncn4)ncn3)C2)cc1Cl. The lowest BCUT2D eigenvalue weighted by molar-refractivity contribution is -0.120. The molecule has 0 aliphatic carbocycles. The third kappa shape index (κ3) is 3.54. The molecule has 1 aromatic carbocycles. The minimum Gasteiger partial charge on any atom is -0.495 e. The third-order valence-corrected chi connectivity index (χ3v) is 4.58. The molecule has 1 aliphatic heterocycles. The lowest BCUT2D eigenvalue weighted by Crippen LogP contribution is -2.52. The fourth-order valence-electron chi connectivity index (χ4n) is 2.78. The molecule has 10 heteroatoms. The van der Waals surface area contributed by atoms with Gasteiger partial charge >= 0.3 is 0 Å². The molecule has 2 aromatic heterocycles. The van der Waals surface area contributed by atoms with Gasteiger partial charge < -0.3 is 15.0 Å². The molecule has 3 heterocycles. The van der Waals surface area contributed by atoms with Gasteiger partial charge in [-0.3, -0.25) is 4.79 Å². The van der Waals surface area contributed by atoms with Crippen molar-refractivity contribution in [2.45, 2.75) is 0 Å². The average molecular weight is 386 g/mol. The van der Waals surface area contributed by atoms with Crippen LogP contribution in [-0.4, -0.2) is 50.8 Å². The Labute approximate surface area is 160 Å². The van der Waals surface area contributed by atoms with Crippen LogP contribution in [0.15, 0.2) is 43.2 Å². The van der Waals surface area contributed by atoms with Crippen molar-refractivity contribution in [3.63, 3.8) is 0 Å². The summed E-state index contributed by atoms with van der Waals surface area (Å²) in [5.74, 6) is 1.75. The molecule has 1 amide bonds. The van der Waals surface area contributed by atoms with Gasteiger partial charge in [0.1, 0.15) is 30.5 Å². The van der Waals surface area contributed by atoms with E-state index in [0.717, 1.165) is 5.82 Å². The van der Waals surface area contributed by atoms with Gasteiger partial charge in [0.2, 0.25) is 5.91 Å². The molecule has 3 aromatic rings. The minimum absolute atomic E-state index is 0.0574. The van der Waals surface area contributed by atoms with Gasteiger partial charge in [-0.25, -0.2) is 19.6 Å². The third-order valence-electron chi connectivity index (χ3n) is 4.29. The van der Waals surface area contributed by atoms with E-state index >= 15 is 0 Å². The highest BCUT2D eigenvalue weighted by Gasteiger charge is 2.33. The molecule has 0 atom stereocenters. The van der Waals surface area contributed by atoms with E-state index in [-0.39, 0.29) is 11.8 Å². The minimum atomic E-state index is -0.129. The number of nitrogens with one attached hydrogen (secondary N) is 1. The molecule has 27 heavy (non-hydrogen) atoms. The summed E-state index contributed by atoms with van der Waals surface area (Å²) in [5.41, 5.74) is 0.639. The zero-order chi connectivity index (χ0) is 18.8. The van der Waals surface area contributed by atoms with E-state index in [1.165, 1.54) is 12.7 Å². The van der Waals surface area contributed by atoms with Crippen molar-refractivity contribution in [3.05, 3.63) is 48.3 Å². The first kappa shape index (κ1) is 17.2. The van der Waals surface area contributed by atoms with Gasteiger partial charge in [0.15, 0.2) is 5.82 Å². The van der Waals surface area contributed by atoms with Crippen molar-refractivity contribution < 1.29 is 9.53 Å². The van der Waals surface area contributed by atoms with Crippen LogP contribution in [0.25, 0.3) is 5.82 Å². The number of hydrogen-bond donors (Lipinski definition) is 1. The van der Waals surface area contributed by atoms with Gasteiger partial charge in [-0.2, -0.15) is 5.10 Å². The number of aromatic nitrogens is 5. The fraction of sp³-hybridized carbons (Fsp3) is 0.235. The zero-order valence-electron chi connectivity index (χ0n) is 14.4. The normalized spacial score (nSPS) is 13.9. The maximum absolute atomic E-state index is 12.4. The number of carbonyl (C=O) groups is 1. The Balaban J connectivity index is 1.37. The smallest absolute Gasteiger partial charge is 0.231 e. The summed E-state index contributed by atoms with van der Waals surface area (Å²) >= 11 is 6.09. The predicted octanol–water partition coefficient (Wildman–Crippen LogP) is 1.79. The maximum Gasteiger partial charge on any atom is 0.231 e.